The summed E-state index contributed by atoms with van der Waals surface area (Å²) in [5.74, 6) is -0.579. The van der Waals surface area contributed by atoms with Crippen LogP contribution in [0, 0.1) is 5.92 Å². The molecule has 0 saturated carbocycles. The van der Waals surface area contributed by atoms with Crippen molar-refractivity contribution in [1.82, 2.24) is 9.29 Å². The highest BCUT2D eigenvalue weighted by Gasteiger charge is 2.32. The lowest BCUT2D eigenvalue weighted by Gasteiger charge is -2.30. The zero-order valence-electron chi connectivity index (χ0n) is 17.1. The van der Waals surface area contributed by atoms with Crippen LogP contribution in [0.15, 0.2) is 65.7 Å². The predicted molar refractivity (Wildman–Crippen MR) is 118 cm³/mol. The lowest BCUT2D eigenvalue weighted by Crippen LogP contribution is -2.41. The first-order valence-electron chi connectivity index (χ1n) is 10.1. The number of benzene rings is 2. The molecule has 8 heteroatoms. The van der Waals surface area contributed by atoms with Gasteiger partial charge in [-0.3, -0.25) is 14.6 Å². The number of carbonyl (C=O) groups excluding carboxylic acids is 2. The van der Waals surface area contributed by atoms with E-state index in [9.17, 15) is 18.0 Å². The van der Waals surface area contributed by atoms with Gasteiger partial charge in [0, 0.05) is 36.2 Å². The number of pyridine rings is 1. The van der Waals surface area contributed by atoms with Gasteiger partial charge in [0.2, 0.25) is 15.9 Å². The number of hydrogen-bond donors (Lipinski definition) is 1. The highest BCUT2D eigenvalue weighted by atomic mass is 32.2. The summed E-state index contributed by atoms with van der Waals surface area (Å²) < 4.78 is 27.4. The van der Waals surface area contributed by atoms with E-state index in [0.29, 0.717) is 24.1 Å². The molecule has 160 valence electrons. The van der Waals surface area contributed by atoms with E-state index in [0.717, 1.165) is 10.9 Å². The van der Waals surface area contributed by atoms with Crippen molar-refractivity contribution in [2.45, 2.75) is 24.7 Å². The van der Waals surface area contributed by atoms with E-state index >= 15 is 0 Å². The Morgan fingerprint density at radius 1 is 1.03 bits per heavy atom. The summed E-state index contributed by atoms with van der Waals surface area (Å²) in [6.45, 7) is 1.91. The number of rotatable bonds is 5. The van der Waals surface area contributed by atoms with Crippen molar-refractivity contribution in [2.24, 2.45) is 5.92 Å². The Morgan fingerprint density at radius 3 is 2.52 bits per heavy atom. The molecule has 2 heterocycles. The number of hydrogen-bond acceptors (Lipinski definition) is 5. The third-order valence-corrected chi connectivity index (χ3v) is 7.50. The second-order valence-electron chi connectivity index (χ2n) is 7.63. The molecule has 0 unspecified atom stereocenters. The third kappa shape index (κ3) is 4.35. The normalized spacial score (nSPS) is 15.6. The molecule has 1 aromatic heterocycles. The Kier molecular flexibility index (Phi) is 5.84. The first kappa shape index (κ1) is 21.1. The lowest BCUT2D eigenvalue weighted by atomic mass is 9.97. The van der Waals surface area contributed by atoms with Gasteiger partial charge in [-0.05, 0) is 56.2 Å². The fourth-order valence-electron chi connectivity index (χ4n) is 3.83. The minimum Gasteiger partial charge on any atom is -0.325 e. The Bertz CT molecular complexity index is 1240. The smallest absolute Gasteiger partial charge is 0.243 e. The number of ketones is 1. The fourth-order valence-corrected chi connectivity index (χ4v) is 5.35. The Morgan fingerprint density at radius 2 is 1.77 bits per heavy atom. The highest BCUT2D eigenvalue weighted by Crippen LogP contribution is 2.27. The van der Waals surface area contributed by atoms with Gasteiger partial charge in [-0.15, -0.1) is 0 Å². The van der Waals surface area contributed by atoms with Crippen LogP contribution in [-0.4, -0.2) is 42.5 Å². The maximum absolute atomic E-state index is 13.0. The number of sulfonamides is 1. The molecule has 1 aliphatic heterocycles. The SMILES string of the molecule is CC(=O)c1cccc(S(=O)(=O)N2CCC(C(=O)Nc3cccc4ncccc34)CC2)c1. The van der Waals surface area contributed by atoms with Crippen LogP contribution in [0.25, 0.3) is 10.9 Å². The number of Topliss-reactive ketones (excluding diaryl/α,β-unsaturated/α-hetero) is 1. The van der Waals surface area contributed by atoms with Crippen molar-refractivity contribution in [3.05, 3.63) is 66.4 Å². The van der Waals surface area contributed by atoms with Gasteiger partial charge in [0.25, 0.3) is 0 Å². The zero-order valence-corrected chi connectivity index (χ0v) is 17.9. The minimum absolute atomic E-state index is 0.103. The van der Waals surface area contributed by atoms with Gasteiger partial charge < -0.3 is 5.32 Å². The van der Waals surface area contributed by atoms with Gasteiger partial charge in [-0.1, -0.05) is 18.2 Å². The minimum atomic E-state index is -3.71. The second kappa shape index (κ2) is 8.56. The van der Waals surface area contributed by atoms with Crippen LogP contribution in [0.3, 0.4) is 0 Å². The summed E-state index contributed by atoms with van der Waals surface area (Å²) in [6.07, 6.45) is 2.57. The molecule has 3 aromatic rings. The Labute approximate surface area is 181 Å². The van der Waals surface area contributed by atoms with E-state index in [4.69, 9.17) is 0 Å². The summed E-state index contributed by atoms with van der Waals surface area (Å²) in [6, 6.07) is 15.4. The fraction of sp³-hybridized carbons (Fsp3) is 0.261. The summed E-state index contributed by atoms with van der Waals surface area (Å²) in [7, 11) is -3.71. The van der Waals surface area contributed by atoms with E-state index in [1.54, 1.807) is 18.3 Å². The van der Waals surface area contributed by atoms with Gasteiger partial charge in [-0.2, -0.15) is 4.31 Å². The Hall–Kier alpha value is -3.10. The van der Waals surface area contributed by atoms with Gasteiger partial charge in [0.15, 0.2) is 5.78 Å². The molecular formula is C23H23N3O4S. The molecule has 7 nitrogen and oxygen atoms in total. The van der Waals surface area contributed by atoms with Crippen molar-refractivity contribution in [1.29, 1.82) is 0 Å². The highest BCUT2D eigenvalue weighted by molar-refractivity contribution is 7.89. The number of piperidine rings is 1. The monoisotopic (exact) mass is 437 g/mol. The number of aromatic nitrogens is 1. The molecule has 1 amide bonds. The molecular weight excluding hydrogens is 414 g/mol. The average molecular weight is 438 g/mol. The maximum atomic E-state index is 13.0. The quantitative estimate of drug-likeness (QED) is 0.617. The molecule has 1 fully saturated rings. The van der Waals surface area contributed by atoms with Gasteiger partial charge >= 0.3 is 0 Å². The summed E-state index contributed by atoms with van der Waals surface area (Å²) in [5, 5.41) is 3.84. The molecule has 1 saturated heterocycles. The van der Waals surface area contributed by atoms with Crippen LogP contribution < -0.4 is 5.32 Å². The molecule has 1 aliphatic rings. The van der Waals surface area contributed by atoms with Crippen molar-refractivity contribution in [2.75, 3.05) is 18.4 Å². The van der Waals surface area contributed by atoms with Crippen molar-refractivity contribution in [3.8, 4) is 0 Å². The second-order valence-corrected chi connectivity index (χ2v) is 9.57. The number of nitrogens with zero attached hydrogens (tertiary/aromatic N) is 2. The standard InChI is InChI=1S/C23H23N3O4S/c1-16(27)18-5-2-6-19(15-18)31(29,30)26-13-10-17(11-14-26)23(28)25-22-9-3-8-21-20(22)7-4-12-24-21/h2-9,12,15,17H,10-11,13-14H2,1H3,(H,25,28). The average Bonchev–Trinajstić information content (AvgIpc) is 2.79. The summed E-state index contributed by atoms with van der Waals surface area (Å²) >= 11 is 0. The number of carbonyl (C=O) groups is 2. The Balaban J connectivity index is 1.44. The van der Waals surface area contributed by atoms with E-state index < -0.39 is 10.0 Å². The van der Waals surface area contributed by atoms with Crippen molar-refractivity contribution >= 4 is 38.3 Å². The van der Waals surface area contributed by atoms with Gasteiger partial charge in [-0.25, -0.2) is 8.42 Å². The summed E-state index contributed by atoms with van der Waals surface area (Å²) in [4.78, 5) is 28.8. The van der Waals surface area contributed by atoms with E-state index in [1.807, 2.05) is 30.3 Å². The van der Waals surface area contributed by atoms with Crippen molar-refractivity contribution in [3.63, 3.8) is 0 Å². The van der Waals surface area contributed by atoms with Crippen LogP contribution in [-0.2, 0) is 14.8 Å². The van der Waals surface area contributed by atoms with Crippen LogP contribution in [0.2, 0.25) is 0 Å². The summed E-state index contributed by atoms with van der Waals surface area (Å²) in [5.41, 5.74) is 1.86. The van der Waals surface area contributed by atoms with Crippen LogP contribution in [0.1, 0.15) is 30.1 Å². The maximum Gasteiger partial charge on any atom is 0.243 e. The van der Waals surface area contributed by atoms with E-state index in [2.05, 4.69) is 10.3 Å². The van der Waals surface area contributed by atoms with E-state index in [1.165, 1.54) is 23.4 Å². The number of fused-ring (bicyclic) bond motifs is 1. The van der Waals surface area contributed by atoms with Gasteiger partial charge in [0.1, 0.15) is 0 Å². The number of anilines is 1. The zero-order chi connectivity index (χ0) is 22.0. The number of nitrogens with one attached hydrogen (secondary N) is 1. The van der Waals surface area contributed by atoms with Crippen molar-refractivity contribution < 1.29 is 18.0 Å². The number of amides is 1. The first-order valence-corrected chi connectivity index (χ1v) is 11.6. The molecule has 4 rings (SSSR count). The molecule has 0 atom stereocenters. The molecule has 0 bridgehead atoms. The molecule has 0 aliphatic carbocycles. The molecule has 0 spiro atoms. The molecule has 0 radical (unpaired) electrons. The molecule has 1 N–H and O–H groups in total. The largest absolute Gasteiger partial charge is 0.325 e. The molecule has 31 heavy (non-hydrogen) atoms. The van der Waals surface area contributed by atoms with Crippen LogP contribution >= 0.6 is 0 Å². The van der Waals surface area contributed by atoms with Gasteiger partial charge in [0.05, 0.1) is 16.1 Å². The van der Waals surface area contributed by atoms with E-state index in [-0.39, 0.29) is 35.6 Å². The lowest BCUT2D eigenvalue weighted by molar-refractivity contribution is -0.120. The molecule has 2 aromatic carbocycles. The third-order valence-electron chi connectivity index (χ3n) is 5.61. The van der Waals surface area contributed by atoms with Crippen LogP contribution in [0.4, 0.5) is 5.69 Å². The van der Waals surface area contributed by atoms with Crippen LogP contribution in [0.5, 0.6) is 0 Å². The topological polar surface area (TPSA) is 96.4 Å². The first-order chi connectivity index (χ1) is 14.9. The predicted octanol–water partition coefficient (Wildman–Crippen LogP) is 3.48.